The number of benzene rings is 1. The Morgan fingerprint density at radius 1 is 1.29 bits per heavy atom. The van der Waals surface area contributed by atoms with Crippen LogP contribution in [0.4, 0.5) is 17.6 Å². The lowest BCUT2D eigenvalue weighted by atomic mass is 9.79. The summed E-state index contributed by atoms with van der Waals surface area (Å²) < 4.78 is 57.5. The second-order valence-electron chi connectivity index (χ2n) is 6.81. The Labute approximate surface area is 158 Å². The third-order valence-electron chi connectivity index (χ3n) is 4.81. The number of hydrogen-bond acceptors (Lipinski definition) is 3. The Morgan fingerprint density at radius 3 is 2.46 bits per heavy atom. The van der Waals surface area contributed by atoms with Gasteiger partial charge in [0.15, 0.2) is 0 Å². The van der Waals surface area contributed by atoms with Crippen LogP contribution in [0, 0.1) is 12.3 Å². The van der Waals surface area contributed by atoms with Crippen LogP contribution in [0.25, 0.3) is 0 Å². The molecular weight excluding hydrogens is 378 g/mol. The van der Waals surface area contributed by atoms with Crippen LogP contribution in [-0.2, 0) is 6.42 Å². The first-order chi connectivity index (χ1) is 13.0. The second-order valence-corrected chi connectivity index (χ2v) is 6.81. The van der Waals surface area contributed by atoms with E-state index in [9.17, 15) is 23.1 Å². The van der Waals surface area contributed by atoms with E-state index in [2.05, 4.69) is 10.1 Å². The predicted molar refractivity (Wildman–Crippen MR) is 93.9 cm³/mol. The predicted octanol–water partition coefficient (Wildman–Crippen LogP) is 4.51. The van der Waals surface area contributed by atoms with Crippen molar-refractivity contribution in [3.05, 3.63) is 64.9 Å². The quantitative estimate of drug-likeness (QED) is 0.775. The maximum Gasteiger partial charge on any atom is 0.401 e. The smallest absolute Gasteiger partial charge is 0.401 e. The first-order valence-corrected chi connectivity index (χ1v) is 8.38. The van der Waals surface area contributed by atoms with E-state index in [1.807, 2.05) is 0 Å². The number of aryl methyl sites for hydroxylation is 1. The Bertz CT molecular complexity index is 963. The van der Waals surface area contributed by atoms with Crippen LogP contribution in [0.3, 0.4) is 0 Å². The van der Waals surface area contributed by atoms with Gasteiger partial charge in [0.1, 0.15) is 22.8 Å². The number of alkyl halides is 3. The van der Waals surface area contributed by atoms with E-state index in [1.165, 1.54) is 6.92 Å². The monoisotopic (exact) mass is 395 g/mol. The van der Waals surface area contributed by atoms with E-state index in [1.54, 1.807) is 30.3 Å². The lowest BCUT2D eigenvalue weighted by molar-refractivity contribution is -0.203. The summed E-state index contributed by atoms with van der Waals surface area (Å²) in [6.45, 7) is 2.16. The molecule has 2 unspecified atom stereocenters. The minimum Gasteiger partial charge on any atom is -0.478 e. The number of allylic oxidation sites excluding steroid dienone is 2. The lowest BCUT2D eigenvalue weighted by Crippen LogP contribution is -2.46. The van der Waals surface area contributed by atoms with E-state index >= 15 is 4.39 Å². The van der Waals surface area contributed by atoms with Crippen molar-refractivity contribution >= 4 is 12.2 Å². The van der Waals surface area contributed by atoms with Crippen molar-refractivity contribution in [1.82, 2.24) is 9.78 Å². The number of halogens is 4. The fraction of sp³-hybridized carbons (Fsp3) is 0.316. The van der Waals surface area contributed by atoms with Crippen LogP contribution >= 0.6 is 0 Å². The molecule has 148 valence electrons. The number of carbonyl (C=O) groups is 1. The molecule has 1 aromatic heterocycles. The summed E-state index contributed by atoms with van der Waals surface area (Å²) in [7, 11) is 0. The minimum atomic E-state index is -4.83. The number of rotatable bonds is 4. The van der Waals surface area contributed by atoms with Crippen LogP contribution in [-0.4, -0.2) is 33.2 Å². The molecular formula is C19H17F4N3O2. The van der Waals surface area contributed by atoms with Gasteiger partial charge in [-0.2, -0.15) is 18.3 Å². The molecule has 2 heterocycles. The zero-order chi connectivity index (χ0) is 20.7. The molecule has 0 amide bonds. The van der Waals surface area contributed by atoms with Gasteiger partial charge < -0.3 is 5.11 Å². The minimum absolute atomic E-state index is 0.000348. The van der Waals surface area contributed by atoms with Crippen LogP contribution < -0.4 is 0 Å². The van der Waals surface area contributed by atoms with Crippen LogP contribution in [0.1, 0.15) is 34.6 Å². The summed E-state index contributed by atoms with van der Waals surface area (Å²) in [5.41, 5.74) is -2.45. The molecule has 0 saturated carbocycles. The number of nitrogens with zero attached hydrogens (tertiary/aromatic N) is 3. The van der Waals surface area contributed by atoms with Gasteiger partial charge in [0.25, 0.3) is 0 Å². The summed E-state index contributed by atoms with van der Waals surface area (Å²) in [6.07, 6.45) is -3.23. The van der Waals surface area contributed by atoms with Gasteiger partial charge in [-0.15, -0.1) is 0 Å². The van der Waals surface area contributed by atoms with Crippen molar-refractivity contribution in [3.8, 4) is 0 Å². The zero-order valence-electron chi connectivity index (χ0n) is 15.0. The summed E-state index contributed by atoms with van der Waals surface area (Å²) in [5, 5.41) is 13.0. The molecule has 1 aromatic carbocycles. The molecule has 5 nitrogen and oxygen atoms in total. The van der Waals surface area contributed by atoms with Crippen molar-refractivity contribution in [3.63, 3.8) is 0 Å². The van der Waals surface area contributed by atoms with Gasteiger partial charge in [-0.1, -0.05) is 30.3 Å². The maximum atomic E-state index is 15.3. The Kier molecular flexibility index (Phi) is 4.86. The van der Waals surface area contributed by atoms with Crippen molar-refractivity contribution in [2.75, 3.05) is 0 Å². The highest BCUT2D eigenvalue weighted by molar-refractivity contribution is 5.88. The van der Waals surface area contributed by atoms with Gasteiger partial charge in [0.05, 0.1) is 11.4 Å². The largest absolute Gasteiger partial charge is 0.478 e. The lowest BCUT2D eigenvalue weighted by Gasteiger charge is -2.38. The summed E-state index contributed by atoms with van der Waals surface area (Å²) in [5.74, 6) is -2.44. The highest BCUT2D eigenvalue weighted by atomic mass is 19.4. The van der Waals surface area contributed by atoms with Gasteiger partial charge in [-0.25, -0.2) is 9.18 Å². The number of aromatic carboxylic acids is 1. The fourth-order valence-electron chi connectivity index (χ4n) is 3.13. The molecule has 1 N–H and O–H groups in total. The highest BCUT2D eigenvalue weighted by Gasteiger charge is 2.59. The molecule has 2 atom stereocenters. The second kappa shape index (κ2) is 6.88. The fourth-order valence-corrected chi connectivity index (χ4v) is 3.13. The van der Waals surface area contributed by atoms with Gasteiger partial charge in [0.2, 0.25) is 0 Å². The Balaban J connectivity index is 2.13. The normalized spacial score (nSPS) is 22.6. The van der Waals surface area contributed by atoms with Gasteiger partial charge in [0, 0.05) is 18.8 Å². The molecule has 9 heteroatoms. The molecule has 0 bridgehead atoms. The standard InChI is InChI=1S/C19H17F4N3O2/c1-11-13(17(27)28)9-26(25-11)16-15(20)14(8-12-6-4-3-5-7-12)24-10-18(16,2)19(21,22)23/h3-7,9-10,16H,8H2,1-2H3,(H,27,28). The molecule has 0 fully saturated rings. The molecule has 0 radical (unpaired) electrons. The number of carboxylic acids is 1. The SMILES string of the molecule is Cc1nn(C2C(F)=C(Cc3ccccc3)N=CC2(C)C(F)(F)F)cc1C(=O)O. The van der Waals surface area contributed by atoms with E-state index in [0.29, 0.717) is 11.8 Å². The Morgan fingerprint density at radius 2 is 1.93 bits per heavy atom. The maximum absolute atomic E-state index is 15.3. The van der Waals surface area contributed by atoms with Crippen molar-refractivity contribution in [1.29, 1.82) is 0 Å². The number of hydrogen-bond donors (Lipinski definition) is 1. The third kappa shape index (κ3) is 3.32. The van der Waals surface area contributed by atoms with Crippen molar-refractivity contribution in [2.45, 2.75) is 32.5 Å². The van der Waals surface area contributed by atoms with Crippen molar-refractivity contribution in [2.24, 2.45) is 10.4 Å². The Hall–Kier alpha value is -2.97. The van der Waals surface area contributed by atoms with Crippen LogP contribution in [0.5, 0.6) is 0 Å². The van der Waals surface area contributed by atoms with E-state index in [4.69, 9.17) is 0 Å². The van der Waals surface area contributed by atoms with Crippen LogP contribution in [0.15, 0.2) is 53.0 Å². The highest BCUT2D eigenvalue weighted by Crippen LogP contribution is 2.51. The number of carboxylic acid groups (broad SMARTS) is 1. The molecule has 1 aliphatic heterocycles. The number of aromatic nitrogens is 2. The summed E-state index contributed by atoms with van der Waals surface area (Å²) in [6, 6.07) is 6.75. The van der Waals surface area contributed by atoms with Gasteiger partial charge in [-0.3, -0.25) is 9.67 Å². The van der Waals surface area contributed by atoms with Gasteiger partial charge in [-0.05, 0) is 19.4 Å². The summed E-state index contributed by atoms with van der Waals surface area (Å²) >= 11 is 0. The van der Waals surface area contributed by atoms with E-state index in [-0.39, 0.29) is 23.4 Å². The number of aliphatic imine (C=N–C) groups is 1. The molecule has 3 rings (SSSR count). The van der Waals surface area contributed by atoms with Crippen LogP contribution in [0.2, 0.25) is 0 Å². The van der Waals surface area contributed by atoms with E-state index < -0.39 is 29.4 Å². The molecule has 0 spiro atoms. The third-order valence-corrected chi connectivity index (χ3v) is 4.81. The molecule has 2 aromatic rings. The van der Waals surface area contributed by atoms with E-state index in [0.717, 1.165) is 17.8 Å². The average Bonchev–Trinajstić information content (AvgIpc) is 2.99. The zero-order valence-corrected chi connectivity index (χ0v) is 15.0. The van der Waals surface area contributed by atoms with Crippen molar-refractivity contribution < 1.29 is 27.5 Å². The molecule has 0 aliphatic carbocycles. The molecule has 28 heavy (non-hydrogen) atoms. The molecule has 1 aliphatic rings. The first-order valence-electron chi connectivity index (χ1n) is 8.38. The molecule has 0 saturated heterocycles. The average molecular weight is 395 g/mol. The first kappa shape index (κ1) is 19.8. The topological polar surface area (TPSA) is 67.5 Å². The van der Waals surface area contributed by atoms with Gasteiger partial charge >= 0.3 is 12.1 Å². The summed E-state index contributed by atoms with van der Waals surface area (Å²) in [4.78, 5) is 15.0.